The van der Waals surface area contributed by atoms with Gasteiger partial charge in [0.25, 0.3) is 0 Å². The fourth-order valence-electron chi connectivity index (χ4n) is 4.45. The van der Waals surface area contributed by atoms with Gasteiger partial charge in [0.05, 0.1) is 42.5 Å². The number of hydrogen-bond donors (Lipinski definition) is 1. The number of imidazole rings is 1. The number of amides is 3. The Balaban J connectivity index is 1.40. The number of nitrogens with one attached hydrogen (secondary N) is 1. The molecule has 0 bridgehead atoms. The molecule has 1 aromatic heterocycles. The molecule has 4 rings (SSSR count). The van der Waals surface area contributed by atoms with Crippen molar-refractivity contribution in [3.63, 3.8) is 0 Å². The van der Waals surface area contributed by atoms with E-state index in [9.17, 15) is 19.2 Å². The molecule has 1 aromatic carbocycles. The summed E-state index contributed by atoms with van der Waals surface area (Å²) in [6, 6.07) is 4.58. The molecule has 3 heterocycles. The monoisotopic (exact) mass is 512 g/mol. The van der Waals surface area contributed by atoms with E-state index in [0.29, 0.717) is 36.3 Å². The molecule has 0 saturated carbocycles. The van der Waals surface area contributed by atoms with Crippen LogP contribution in [0.2, 0.25) is 0 Å². The summed E-state index contributed by atoms with van der Waals surface area (Å²) in [7, 11) is 1.63. The lowest BCUT2D eigenvalue weighted by Crippen LogP contribution is -2.48. The van der Waals surface area contributed by atoms with Gasteiger partial charge < -0.3 is 19.1 Å². The first-order chi connectivity index (χ1) is 17.5. The molecule has 11 heteroatoms. The highest BCUT2D eigenvalue weighted by Gasteiger charge is 2.31. The summed E-state index contributed by atoms with van der Waals surface area (Å²) >= 11 is 0. The summed E-state index contributed by atoms with van der Waals surface area (Å²) < 4.78 is 19.7. The quantitative estimate of drug-likeness (QED) is 0.373. The van der Waals surface area contributed by atoms with Gasteiger partial charge in [0.15, 0.2) is 0 Å². The number of morpholine rings is 1. The van der Waals surface area contributed by atoms with Gasteiger partial charge in [-0.2, -0.15) is 0 Å². The lowest BCUT2D eigenvalue weighted by Gasteiger charge is -2.34. The van der Waals surface area contributed by atoms with Crippen LogP contribution >= 0.6 is 0 Å². The Morgan fingerprint density at radius 2 is 2.03 bits per heavy atom. The Morgan fingerprint density at radius 1 is 1.24 bits per heavy atom. The van der Waals surface area contributed by atoms with E-state index in [-0.39, 0.29) is 49.8 Å². The van der Waals surface area contributed by atoms with Gasteiger partial charge in [0.2, 0.25) is 11.8 Å². The molecule has 37 heavy (non-hydrogen) atoms. The van der Waals surface area contributed by atoms with Gasteiger partial charge in [0, 0.05) is 20.0 Å². The molecule has 2 atom stereocenters. The van der Waals surface area contributed by atoms with Crippen LogP contribution < -0.4 is 11.0 Å². The minimum atomic E-state index is -0.754. The molecule has 2 aromatic rings. The number of para-hydroxylation sites is 1. The zero-order valence-electron chi connectivity index (χ0n) is 21.5. The average molecular weight is 513 g/mol. The van der Waals surface area contributed by atoms with Crippen molar-refractivity contribution in [2.75, 3.05) is 32.9 Å². The highest BCUT2D eigenvalue weighted by molar-refractivity contribution is 6.00. The van der Waals surface area contributed by atoms with Crippen molar-refractivity contribution in [3.05, 3.63) is 34.2 Å². The molecule has 1 N–H and O–H groups in total. The molecule has 2 aliphatic rings. The molecule has 1 unspecified atom stereocenters. The van der Waals surface area contributed by atoms with E-state index in [1.165, 1.54) is 9.13 Å². The largest absolute Gasteiger partial charge is 0.444 e. The number of carbonyl (C=O) groups is 3. The van der Waals surface area contributed by atoms with Crippen molar-refractivity contribution in [2.24, 2.45) is 7.05 Å². The summed E-state index contributed by atoms with van der Waals surface area (Å²) in [6.45, 7) is 7.11. The van der Waals surface area contributed by atoms with Crippen molar-refractivity contribution < 1.29 is 28.6 Å². The first kappa shape index (κ1) is 26.4. The standard InChI is InChI=1S/C26H32N4O7/c1-26(2,3)37-25(34)29-12-14-36-18(15-29)16-35-13-6-8-17-7-5-9-19-22(17)28(4)24(33)30(19)20-10-11-21(31)27-23(20)32/h5,7,9,18,20H,10-16H2,1-4H3,(H,27,31,32)/t18-,20?/m1/s1. The third-order valence-corrected chi connectivity index (χ3v) is 6.12. The SMILES string of the molecule is Cn1c(=O)n(C2CCC(=O)NC2=O)c2cccc(C#CCOC[C@H]3CN(C(=O)OC(C)(C)C)CCO3)c21. The Morgan fingerprint density at radius 3 is 2.76 bits per heavy atom. The van der Waals surface area contributed by atoms with Crippen LogP contribution in [0.25, 0.3) is 11.0 Å². The fraction of sp³-hybridized carbons (Fsp3) is 0.538. The molecular formula is C26H32N4O7. The molecule has 198 valence electrons. The Kier molecular flexibility index (Phi) is 7.71. The summed E-state index contributed by atoms with van der Waals surface area (Å²) in [5.41, 5.74) is 0.892. The van der Waals surface area contributed by atoms with Crippen LogP contribution in [-0.4, -0.2) is 76.6 Å². The summed E-state index contributed by atoms with van der Waals surface area (Å²) in [5.74, 6) is 5.20. The molecule has 0 radical (unpaired) electrons. The Bertz CT molecular complexity index is 1320. The van der Waals surface area contributed by atoms with E-state index in [1.54, 1.807) is 30.1 Å². The molecule has 2 aliphatic heterocycles. The molecular weight excluding hydrogens is 480 g/mol. The van der Waals surface area contributed by atoms with E-state index in [2.05, 4.69) is 17.2 Å². The van der Waals surface area contributed by atoms with Gasteiger partial charge >= 0.3 is 11.8 Å². The summed E-state index contributed by atoms with van der Waals surface area (Å²) in [5, 5.41) is 2.31. The Labute approximate surface area is 214 Å². The number of aryl methyl sites for hydroxylation is 1. The van der Waals surface area contributed by atoms with Crippen LogP contribution in [0.1, 0.15) is 45.2 Å². The highest BCUT2D eigenvalue weighted by atomic mass is 16.6. The van der Waals surface area contributed by atoms with Crippen molar-refractivity contribution >= 4 is 28.9 Å². The third kappa shape index (κ3) is 6.03. The topological polar surface area (TPSA) is 121 Å². The molecule has 0 aliphatic carbocycles. The van der Waals surface area contributed by atoms with Gasteiger partial charge in [0.1, 0.15) is 18.2 Å². The van der Waals surface area contributed by atoms with E-state index in [1.807, 2.05) is 20.8 Å². The van der Waals surface area contributed by atoms with Crippen molar-refractivity contribution in [1.29, 1.82) is 0 Å². The highest BCUT2D eigenvalue weighted by Crippen LogP contribution is 2.24. The second-order valence-corrected chi connectivity index (χ2v) is 10.1. The normalized spacial score (nSPS) is 20.4. The minimum absolute atomic E-state index is 0.129. The number of imide groups is 1. The van der Waals surface area contributed by atoms with Crippen LogP contribution in [0, 0.1) is 11.8 Å². The average Bonchev–Trinajstić information content (AvgIpc) is 3.09. The second-order valence-electron chi connectivity index (χ2n) is 10.1. The molecule has 3 amide bonds. The third-order valence-electron chi connectivity index (χ3n) is 6.12. The maximum atomic E-state index is 13.0. The van der Waals surface area contributed by atoms with Crippen LogP contribution in [-0.2, 0) is 30.8 Å². The molecule has 2 saturated heterocycles. The first-order valence-corrected chi connectivity index (χ1v) is 12.2. The number of fused-ring (bicyclic) bond motifs is 1. The van der Waals surface area contributed by atoms with E-state index in [4.69, 9.17) is 14.2 Å². The number of carbonyl (C=O) groups excluding carboxylic acids is 3. The van der Waals surface area contributed by atoms with E-state index >= 15 is 0 Å². The van der Waals surface area contributed by atoms with Crippen LogP contribution in [0.5, 0.6) is 0 Å². The lowest BCUT2D eigenvalue weighted by atomic mass is 10.1. The lowest BCUT2D eigenvalue weighted by molar-refractivity contribution is -0.135. The van der Waals surface area contributed by atoms with Crippen LogP contribution in [0.4, 0.5) is 4.79 Å². The number of hydrogen-bond acceptors (Lipinski definition) is 7. The zero-order valence-corrected chi connectivity index (χ0v) is 21.5. The van der Waals surface area contributed by atoms with Gasteiger partial charge in [-0.25, -0.2) is 9.59 Å². The van der Waals surface area contributed by atoms with Crippen molar-refractivity contribution in [3.8, 4) is 11.8 Å². The number of ether oxygens (including phenoxy) is 3. The van der Waals surface area contributed by atoms with E-state index < -0.39 is 17.6 Å². The fourth-order valence-corrected chi connectivity index (χ4v) is 4.45. The smallest absolute Gasteiger partial charge is 0.410 e. The van der Waals surface area contributed by atoms with Crippen LogP contribution in [0.3, 0.4) is 0 Å². The first-order valence-electron chi connectivity index (χ1n) is 12.2. The second kappa shape index (κ2) is 10.8. The summed E-state index contributed by atoms with van der Waals surface area (Å²) in [4.78, 5) is 50.9. The number of aromatic nitrogens is 2. The molecule has 0 spiro atoms. The van der Waals surface area contributed by atoms with Gasteiger partial charge in [-0.1, -0.05) is 17.9 Å². The predicted octanol–water partition coefficient (Wildman–Crippen LogP) is 1.32. The van der Waals surface area contributed by atoms with Crippen molar-refractivity contribution in [2.45, 2.75) is 51.4 Å². The maximum absolute atomic E-state index is 13.0. The van der Waals surface area contributed by atoms with Crippen molar-refractivity contribution in [1.82, 2.24) is 19.4 Å². The van der Waals surface area contributed by atoms with Gasteiger partial charge in [-0.3, -0.25) is 24.0 Å². The van der Waals surface area contributed by atoms with Gasteiger partial charge in [-0.05, 0) is 39.3 Å². The van der Waals surface area contributed by atoms with E-state index in [0.717, 1.165) is 0 Å². The molecule has 11 nitrogen and oxygen atoms in total. The molecule has 2 fully saturated rings. The zero-order chi connectivity index (χ0) is 26.7. The summed E-state index contributed by atoms with van der Waals surface area (Å²) in [6.07, 6.45) is -0.211. The minimum Gasteiger partial charge on any atom is -0.444 e. The van der Waals surface area contributed by atoms with Crippen LogP contribution in [0.15, 0.2) is 23.0 Å². The Hall–Kier alpha value is -3.62. The maximum Gasteiger partial charge on any atom is 0.410 e. The number of nitrogens with zero attached hydrogens (tertiary/aromatic N) is 3. The number of rotatable bonds is 4. The predicted molar refractivity (Wildman–Crippen MR) is 134 cm³/mol. The number of piperidine rings is 1. The van der Waals surface area contributed by atoms with Gasteiger partial charge in [-0.15, -0.1) is 0 Å². The number of benzene rings is 1.